The Kier molecular flexibility index (Phi) is 9.26. The first-order chi connectivity index (χ1) is 16.9. The third-order valence-electron chi connectivity index (χ3n) is 5.94. The number of hydrogen-bond donors (Lipinski definition) is 1. The summed E-state index contributed by atoms with van der Waals surface area (Å²) in [5.41, 5.74) is 1.00. The first-order valence-electron chi connectivity index (χ1n) is 11.7. The maximum absolute atomic E-state index is 12.7. The largest absolute Gasteiger partial charge is 0.492 e. The Labute approximate surface area is 218 Å². The van der Waals surface area contributed by atoms with E-state index in [1.54, 1.807) is 31.2 Å². The standard InChI is InChI=1S/C24H32ClN3O6S2/c1-18-7-8-20(25)17-23(18)28(35(3,30)31)19(2)24(29)26-13-16-34-21-9-11-22(12-10-21)36(32,33)27-14-5-4-6-15-27/h7-12,17,19H,4-6,13-16H2,1-3H3,(H,26,29)/t19-/m0/s1. The van der Waals surface area contributed by atoms with E-state index in [1.165, 1.54) is 29.4 Å². The number of sulfonamides is 2. The highest BCUT2D eigenvalue weighted by atomic mass is 35.5. The van der Waals surface area contributed by atoms with Gasteiger partial charge in [0, 0.05) is 18.1 Å². The molecule has 2 aromatic rings. The molecule has 1 heterocycles. The van der Waals surface area contributed by atoms with Gasteiger partial charge in [-0.3, -0.25) is 9.10 Å². The molecule has 2 aromatic carbocycles. The van der Waals surface area contributed by atoms with E-state index in [9.17, 15) is 21.6 Å². The van der Waals surface area contributed by atoms with Crippen molar-refractivity contribution in [2.75, 3.05) is 36.8 Å². The van der Waals surface area contributed by atoms with Crippen molar-refractivity contribution in [1.82, 2.24) is 9.62 Å². The van der Waals surface area contributed by atoms with E-state index in [-0.39, 0.29) is 18.0 Å². The molecule has 0 unspecified atom stereocenters. The molecule has 0 aliphatic carbocycles. The number of rotatable bonds is 10. The molecule has 0 saturated carbocycles. The van der Waals surface area contributed by atoms with Crippen LogP contribution in [0.1, 0.15) is 31.7 Å². The predicted molar refractivity (Wildman–Crippen MR) is 141 cm³/mol. The first kappa shape index (κ1) is 28.2. The van der Waals surface area contributed by atoms with Crippen LogP contribution in [0.5, 0.6) is 5.75 Å². The quantitative estimate of drug-likeness (QED) is 0.449. The molecule has 1 fully saturated rings. The van der Waals surface area contributed by atoms with Crippen LogP contribution in [0.2, 0.25) is 5.02 Å². The van der Waals surface area contributed by atoms with Crippen molar-refractivity contribution in [3.8, 4) is 5.75 Å². The maximum Gasteiger partial charge on any atom is 0.243 e. The average Bonchev–Trinajstić information content (AvgIpc) is 2.84. The summed E-state index contributed by atoms with van der Waals surface area (Å²) in [5.74, 6) is -0.0337. The van der Waals surface area contributed by atoms with E-state index < -0.39 is 32.0 Å². The fourth-order valence-electron chi connectivity index (χ4n) is 4.05. The number of amides is 1. The highest BCUT2D eigenvalue weighted by Gasteiger charge is 2.30. The van der Waals surface area contributed by atoms with Gasteiger partial charge in [-0.15, -0.1) is 0 Å². The molecule has 1 atom stereocenters. The number of benzene rings is 2. The van der Waals surface area contributed by atoms with Gasteiger partial charge in [0.05, 0.1) is 23.4 Å². The summed E-state index contributed by atoms with van der Waals surface area (Å²) in [6.07, 6.45) is 3.81. The van der Waals surface area contributed by atoms with Crippen molar-refractivity contribution in [2.45, 2.75) is 44.0 Å². The zero-order valence-corrected chi connectivity index (χ0v) is 23.0. The first-order valence-corrected chi connectivity index (χ1v) is 15.3. The van der Waals surface area contributed by atoms with Crippen molar-refractivity contribution in [3.63, 3.8) is 0 Å². The Hall–Kier alpha value is -2.34. The van der Waals surface area contributed by atoms with E-state index >= 15 is 0 Å². The Morgan fingerprint density at radius 3 is 2.33 bits per heavy atom. The van der Waals surface area contributed by atoms with Gasteiger partial charge in [0.1, 0.15) is 18.4 Å². The molecule has 3 rings (SSSR count). The van der Waals surface area contributed by atoms with Gasteiger partial charge in [0.25, 0.3) is 0 Å². The predicted octanol–water partition coefficient (Wildman–Crippen LogP) is 3.17. The van der Waals surface area contributed by atoms with E-state index in [1.807, 2.05) is 0 Å². The summed E-state index contributed by atoms with van der Waals surface area (Å²) in [5, 5.41) is 3.04. The SMILES string of the molecule is Cc1ccc(Cl)cc1N([C@@H](C)C(=O)NCCOc1ccc(S(=O)(=O)N2CCCCC2)cc1)S(C)(=O)=O. The van der Waals surface area contributed by atoms with Crippen LogP contribution in [0, 0.1) is 6.92 Å². The molecule has 0 radical (unpaired) electrons. The van der Waals surface area contributed by atoms with Gasteiger partial charge >= 0.3 is 0 Å². The molecule has 36 heavy (non-hydrogen) atoms. The topological polar surface area (TPSA) is 113 Å². The minimum atomic E-state index is -3.77. The van der Waals surface area contributed by atoms with E-state index in [4.69, 9.17) is 16.3 Å². The van der Waals surface area contributed by atoms with E-state index in [0.29, 0.717) is 35.1 Å². The Balaban J connectivity index is 1.56. The molecule has 0 spiro atoms. The van der Waals surface area contributed by atoms with E-state index in [2.05, 4.69) is 5.32 Å². The lowest BCUT2D eigenvalue weighted by Crippen LogP contribution is -2.48. The highest BCUT2D eigenvalue weighted by Crippen LogP contribution is 2.28. The maximum atomic E-state index is 12.7. The van der Waals surface area contributed by atoms with Gasteiger partial charge in [-0.05, 0) is 68.7 Å². The van der Waals surface area contributed by atoms with Crippen molar-refractivity contribution in [2.24, 2.45) is 0 Å². The van der Waals surface area contributed by atoms with Gasteiger partial charge < -0.3 is 10.1 Å². The zero-order chi connectivity index (χ0) is 26.5. The van der Waals surface area contributed by atoms with Crippen LogP contribution >= 0.6 is 11.6 Å². The number of carbonyl (C=O) groups is 1. The van der Waals surface area contributed by atoms with Crippen molar-refractivity contribution in [3.05, 3.63) is 53.1 Å². The van der Waals surface area contributed by atoms with Crippen molar-refractivity contribution >= 4 is 43.2 Å². The number of aryl methyl sites for hydroxylation is 1. The second kappa shape index (κ2) is 11.8. The summed E-state index contributed by atoms with van der Waals surface area (Å²) in [6, 6.07) is 10.0. The second-order valence-electron chi connectivity index (χ2n) is 8.74. The molecule has 12 heteroatoms. The normalized spacial score (nSPS) is 15.8. The number of halogens is 1. The molecule has 0 bridgehead atoms. The second-order valence-corrected chi connectivity index (χ2v) is 13.0. The number of anilines is 1. The van der Waals surface area contributed by atoms with Crippen LogP contribution in [0.25, 0.3) is 0 Å². The molecular formula is C24H32ClN3O6S2. The van der Waals surface area contributed by atoms with Crippen molar-refractivity contribution in [1.29, 1.82) is 0 Å². The summed E-state index contributed by atoms with van der Waals surface area (Å²) < 4.78 is 58.7. The molecule has 1 N–H and O–H groups in total. The summed E-state index contributed by atoms with van der Waals surface area (Å²) in [4.78, 5) is 13.0. The number of nitrogens with zero attached hydrogens (tertiary/aromatic N) is 2. The lowest BCUT2D eigenvalue weighted by atomic mass is 10.2. The van der Waals surface area contributed by atoms with Gasteiger partial charge in [-0.1, -0.05) is 24.1 Å². The van der Waals surface area contributed by atoms with Crippen LogP contribution in [0.3, 0.4) is 0 Å². The third kappa shape index (κ3) is 6.90. The van der Waals surface area contributed by atoms with Crippen LogP contribution in [0.4, 0.5) is 5.69 Å². The summed E-state index contributed by atoms with van der Waals surface area (Å²) >= 11 is 6.06. The molecule has 0 aromatic heterocycles. The Bertz CT molecular complexity index is 1280. The fourth-order valence-corrected chi connectivity index (χ4v) is 6.96. The fraction of sp³-hybridized carbons (Fsp3) is 0.458. The van der Waals surface area contributed by atoms with E-state index in [0.717, 1.165) is 29.8 Å². The monoisotopic (exact) mass is 557 g/mol. The van der Waals surface area contributed by atoms with Crippen molar-refractivity contribution < 1.29 is 26.4 Å². The molecule has 198 valence electrons. The summed E-state index contributed by atoms with van der Waals surface area (Å²) in [6.45, 7) is 4.55. The van der Waals surface area contributed by atoms with Crippen LogP contribution in [0.15, 0.2) is 47.4 Å². The van der Waals surface area contributed by atoms with Crippen LogP contribution < -0.4 is 14.4 Å². The third-order valence-corrected chi connectivity index (χ3v) is 9.32. The lowest BCUT2D eigenvalue weighted by Gasteiger charge is -2.29. The summed E-state index contributed by atoms with van der Waals surface area (Å²) in [7, 11) is -7.28. The van der Waals surface area contributed by atoms with Gasteiger partial charge in [-0.2, -0.15) is 4.31 Å². The zero-order valence-electron chi connectivity index (χ0n) is 20.6. The lowest BCUT2D eigenvalue weighted by molar-refractivity contribution is -0.121. The number of carbonyl (C=O) groups excluding carboxylic acids is 1. The highest BCUT2D eigenvalue weighted by molar-refractivity contribution is 7.92. The van der Waals surface area contributed by atoms with Crippen LogP contribution in [-0.4, -0.2) is 65.6 Å². The van der Waals surface area contributed by atoms with Crippen LogP contribution in [-0.2, 0) is 24.8 Å². The smallest absolute Gasteiger partial charge is 0.243 e. The Morgan fingerprint density at radius 2 is 1.72 bits per heavy atom. The number of hydrogen-bond acceptors (Lipinski definition) is 6. The van der Waals surface area contributed by atoms with Gasteiger partial charge in [0.2, 0.25) is 26.0 Å². The number of ether oxygens (including phenoxy) is 1. The molecule has 9 nitrogen and oxygen atoms in total. The average molecular weight is 558 g/mol. The minimum absolute atomic E-state index is 0.117. The molecule has 1 amide bonds. The molecule has 1 saturated heterocycles. The molecule has 1 aliphatic rings. The van der Waals surface area contributed by atoms with Gasteiger partial charge in [0.15, 0.2) is 0 Å². The molecule has 1 aliphatic heterocycles. The minimum Gasteiger partial charge on any atom is -0.492 e. The number of piperidine rings is 1. The number of nitrogens with one attached hydrogen (secondary N) is 1. The Morgan fingerprint density at radius 1 is 1.08 bits per heavy atom. The van der Waals surface area contributed by atoms with Gasteiger partial charge in [-0.25, -0.2) is 16.8 Å². The molecular weight excluding hydrogens is 526 g/mol.